The maximum Gasteiger partial charge on any atom is 0.0887 e. The molecule has 2 rings (SSSR count). The van der Waals surface area contributed by atoms with Gasteiger partial charge in [-0.15, -0.1) is 0 Å². The molecule has 120 valence electrons. The van der Waals surface area contributed by atoms with Crippen molar-refractivity contribution < 1.29 is 0 Å². The summed E-state index contributed by atoms with van der Waals surface area (Å²) in [6.07, 6.45) is 1.75. The molecule has 2 nitrogen and oxygen atoms in total. The van der Waals surface area contributed by atoms with Crippen LogP contribution >= 0.6 is 0 Å². The number of rotatable bonds is 6. The van der Waals surface area contributed by atoms with E-state index in [0.717, 1.165) is 18.4 Å². The number of nitrogens with zero attached hydrogens (tertiary/aromatic N) is 2. The monoisotopic (exact) mass is 306 g/mol. The second kappa shape index (κ2) is 7.33. The SMILES string of the molecule is CC[C@H](c1ccc(N(C)C)cc1)[C@](C#N)(CC)c1ccccc1. The molecule has 0 bridgehead atoms. The average Bonchev–Trinajstić information content (AvgIpc) is 2.60. The number of hydrogen-bond acceptors (Lipinski definition) is 2. The van der Waals surface area contributed by atoms with Gasteiger partial charge in [0.1, 0.15) is 0 Å². The van der Waals surface area contributed by atoms with Crippen molar-refractivity contribution in [3.63, 3.8) is 0 Å². The normalized spacial score (nSPS) is 14.6. The first-order valence-electron chi connectivity index (χ1n) is 8.33. The molecule has 2 atom stereocenters. The summed E-state index contributed by atoms with van der Waals surface area (Å²) in [5.41, 5.74) is 3.07. The Balaban J connectivity index is 2.49. The lowest BCUT2D eigenvalue weighted by Crippen LogP contribution is -2.31. The topological polar surface area (TPSA) is 27.0 Å². The molecule has 0 saturated carbocycles. The highest BCUT2D eigenvalue weighted by molar-refractivity contribution is 5.48. The fourth-order valence-electron chi connectivity index (χ4n) is 3.48. The Labute approximate surface area is 140 Å². The van der Waals surface area contributed by atoms with Crippen molar-refractivity contribution in [1.82, 2.24) is 0 Å². The van der Waals surface area contributed by atoms with Gasteiger partial charge in [0, 0.05) is 25.7 Å². The highest BCUT2D eigenvalue weighted by Gasteiger charge is 2.39. The summed E-state index contributed by atoms with van der Waals surface area (Å²) in [5, 5.41) is 10.1. The van der Waals surface area contributed by atoms with E-state index in [1.807, 2.05) is 32.3 Å². The lowest BCUT2D eigenvalue weighted by atomic mass is 9.66. The lowest BCUT2D eigenvalue weighted by Gasteiger charge is -2.35. The molecule has 0 aromatic heterocycles. The fourth-order valence-corrected chi connectivity index (χ4v) is 3.48. The molecule has 23 heavy (non-hydrogen) atoms. The smallest absolute Gasteiger partial charge is 0.0887 e. The van der Waals surface area contributed by atoms with Crippen LogP contribution in [0.15, 0.2) is 54.6 Å². The highest BCUT2D eigenvalue weighted by atomic mass is 15.1. The molecule has 0 spiro atoms. The second-order valence-electron chi connectivity index (χ2n) is 6.25. The molecular weight excluding hydrogens is 280 g/mol. The summed E-state index contributed by atoms with van der Waals surface area (Å²) < 4.78 is 0. The van der Waals surface area contributed by atoms with Gasteiger partial charge in [-0.3, -0.25) is 0 Å². The quantitative estimate of drug-likeness (QED) is 0.741. The number of hydrogen-bond donors (Lipinski definition) is 0. The van der Waals surface area contributed by atoms with Gasteiger partial charge in [0.15, 0.2) is 0 Å². The zero-order valence-electron chi connectivity index (χ0n) is 14.6. The van der Waals surface area contributed by atoms with E-state index in [-0.39, 0.29) is 5.92 Å². The van der Waals surface area contributed by atoms with Gasteiger partial charge in [-0.2, -0.15) is 5.26 Å². The Bertz CT molecular complexity index is 652. The molecule has 0 radical (unpaired) electrons. The van der Waals surface area contributed by atoms with E-state index in [0.29, 0.717) is 0 Å². The molecule has 0 aliphatic rings. The van der Waals surface area contributed by atoms with Gasteiger partial charge in [-0.25, -0.2) is 0 Å². The van der Waals surface area contributed by atoms with E-state index in [9.17, 15) is 5.26 Å². The van der Waals surface area contributed by atoms with Crippen LogP contribution < -0.4 is 4.90 Å². The molecule has 0 heterocycles. The second-order valence-corrected chi connectivity index (χ2v) is 6.25. The van der Waals surface area contributed by atoms with Gasteiger partial charge in [0.2, 0.25) is 0 Å². The summed E-state index contributed by atoms with van der Waals surface area (Å²) >= 11 is 0. The standard InChI is InChI=1S/C21H26N2/c1-5-20(17-12-14-19(15-13-17)23(3)4)21(6-2,16-22)18-10-8-7-9-11-18/h7-15,20H,5-6H2,1-4H3/t20-,21+/m1/s1. The minimum Gasteiger partial charge on any atom is -0.378 e. The van der Waals surface area contributed by atoms with Crippen LogP contribution in [0, 0.1) is 11.3 Å². The van der Waals surface area contributed by atoms with E-state index in [1.165, 1.54) is 11.3 Å². The molecule has 0 saturated heterocycles. The Kier molecular flexibility index (Phi) is 5.45. The summed E-state index contributed by atoms with van der Waals surface area (Å²) in [5.74, 6) is 0.191. The van der Waals surface area contributed by atoms with Crippen molar-refractivity contribution >= 4 is 5.69 Å². The Morgan fingerprint density at radius 2 is 1.61 bits per heavy atom. The predicted octanol–water partition coefficient (Wildman–Crippen LogP) is 5.12. The first-order valence-corrected chi connectivity index (χ1v) is 8.33. The van der Waals surface area contributed by atoms with Crippen LogP contribution in [-0.4, -0.2) is 14.1 Å². The Morgan fingerprint density at radius 3 is 2.04 bits per heavy atom. The van der Waals surface area contributed by atoms with Gasteiger partial charge < -0.3 is 4.90 Å². The summed E-state index contributed by atoms with van der Waals surface area (Å²) in [6, 6.07) is 21.5. The molecule has 2 aromatic carbocycles. The van der Waals surface area contributed by atoms with Crippen LogP contribution in [-0.2, 0) is 5.41 Å². The van der Waals surface area contributed by atoms with Crippen molar-refractivity contribution in [3.8, 4) is 6.07 Å². The Hall–Kier alpha value is -2.27. The summed E-state index contributed by atoms with van der Waals surface area (Å²) in [4.78, 5) is 2.10. The van der Waals surface area contributed by atoms with E-state index in [4.69, 9.17) is 0 Å². The zero-order chi connectivity index (χ0) is 16.9. The molecule has 0 unspecified atom stereocenters. The van der Waals surface area contributed by atoms with Gasteiger partial charge in [0.05, 0.1) is 11.5 Å². The van der Waals surface area contributed by atoms with Crippen molar-refractivity contribution in [2.75, 3.05) is 19.0 Å². The van der Waals surface area contributed by atoms with Crippen molar-refractivity contribution in [2.24, 2.45) is 0 Å². The molecule has 0 fully saturated rings. The third-order valence-corrected chi connectivity index (χ3v) is 4.86. The number of benzene rings is 2. The number of anilines is 1. The van der Waals surface area contributed by atoms with Gasteiger partial charge in [-0.05, 0) is 36.1 Å². The third kappa shape index (κ3) is 3.24. The van der Waals surface area contributed by atoms with Gasteiger partial charge in [-0.1, -0.05) is 56.3 Å². The van der Waals surface area contributed by atoms with E-state index >= 15 is 0 Å². The van der Waals surface area contributed by atoms with E-state index in [1.54, 1.807) is 0 Å². The van der Waals surface area contributed by atoms with Crippen LogP contribution in [0.3, 0.4) is 0 Å². The highest BCUT2D eigenvalue weighted by Crippen LogP contribution is 2.43. The van der Waals surface area contributed by atoms with E-state index < -0.39 is 5.41 Å². The molecule has 0 amide bonds. The molecule has 0 N–H and O–H groups in total. The largest absolute Gasteiger partial charge is 0.378 e. The van der Waals surface area contributed by atoms with Crippen LogP contribution in [0.2, 0.25) is 0 Å². The van der Waals surface area contributed by atoms with Crippen molar-refractivity contribution in [1.29, 1.82) is 5.26 Å². The maximum atomic E-state index is 10.1. The predicted molar refractivity (Wildman–Crippen MR) is 97.8 cm³/mol. The lowest BCUT2D eigenvalue weighted by molar-refractivity contribution is 0.410. The fraction of sp³-hybridized carbons (Fsp3) is 0.381. The minimum absolute atomic E-state index is 0.191. The summed E-state index contributed by atoms with van der Waals surface area (Å²) in [6.45, 7) is 4.29. The van der Waals surface area contributed by atoms with Crippen LogP contribution in [0.25, 0.3) is 0 Å². The third-order valence-electron chi connectivity index (χ3n) is 4.86. The molecule has 2 aromatic rings. The zero-order valence-corrected chi connectivity index (χ0v) is 14.6. The molecule has 0 aliphatic carbocycles. The van der Waals surface area contributed by atoms with Crippen molar-refractivity contribution in [3.05, 3.63) is 65.7 Å². The Morgan fingerprint density at radius 1 is 1.00 bits per heavy atom. The summed E-state index contributed by atoms with van der Waals surface area (Å²) in [7, 11) is 4.09. The average molecular weight is 306 g/mol. The van der Waals surface area contributed by atoms with Crippen LogP contribution in [0.5, 0.6) is 0 Å². The van der Waals surface area contributed by atoms with Crippen LogP contribution in [0.1, 0.15) is 43.7 Å². The molecule has 2 heteroatoms. The van der Waals surface area contributed by atoms with E-state index in [2.05, 4.69) is 61.2 Å². The number of nitriles is 1. The first-order chi connectivity index (χ1) is 11.1. The van der Waals surface area contributed by atoms with Gasteiger partial charge >= 0.3 is 0 Å². The van der Waals surface area contributed by atoms with Gasteiger partial charge in [0.25, 0.3) is 0 Å². The van der Waals surface area contributed by atoms with Crippen molar-refractivity contribution in [2.45, 2.75) is 38.0 Å². The first kappa shape index (κ1) is 17.1. The molecule has 0 aliphatic heterocycles. The van der Waals surface area contributed by atoms with Crippen LogP contribution in [0.4, 0.5) is 5.69 Å². The maximum absolute atomic E-state index is 10.1. The minimum atomic E-state index is -0.477. The molecular formula is C21H26N2.